The third-order valence-electron chi connectivity index (χ3n) is 9.00. The Morgan fingerprint density at radius 2 is 1.12 bits per heavy atom. The second-order valence-corrected chi connectivity index (χ2v) is 15.5. The van der Waals surface area contributed by atoms with Gasteiger partial charge < -0.3 is 24.8 Å². The molecule has 3 aliphatic heterocycles. The number of likely N-dealkylation sites (tertiary alicyclic amines) is 2. The van der Waals surface area contributed by atoms with E-state index in [-0.39, 0.29) is 17.9 Å². The minimum absolute atomic E-state index is 0.214. The molecule has 3 aliphatic rings. The summed E-state index contributed by atoms with van der Waals surface area (Å²) in [5.74, 6) is -0.428. The molecule has 3 saturated heterocycles. The van der Waals surface area contributed by atoms with Crippen LogP contribution in [0, 0.1) is 0 Å². The van der Waals surface area contributed by atoms with E-state index in [4.69, 9.17) is 14.2 Å². The largest absolute Gasteiger partial charge is 0.444 e. The summed E-state index contributed by atoms with van der Waals surface area (Å²) in [6.07, 6.45) is 2.72. The Morgan fingerprint density at radius 3 is 1.48 bits per heavy atom. The first-order chi connectivity index (χ1) is 23.6. The van der Waals surface area contributed by atoms with E-state index < -0.39 is 35.5 Å². The number of carbonyl (C=O) groups is 4. The number of hydrogen-bond donors (Lipinski definition) is 2. The summed E-state index contributed by atoms with van der Waals surface area (Å²) in [6, 6.07) is 14.8. The molecule has 2 N–H and O–H groups in total. The van der Waals surface area contributed by atoms with Gasteiger partial charge >= 0.3 is 12.2 Å². The van der Waals surface area contributed by atoms with E-state index in [2.05, 4.69) is 15.5 Å². The summed E-state index contributed by atoms with van der Waals surface area (Å²) in [6.45, 7) is 14.7. The molecular formula is C38H53N5O7. The summed E-state index contributed by atoms with van der Waals surface area (Å²) in [5.41, 5.74) is 2.30. The van der Waals surface area contributed by atoms with Crippen molar-refractivity contribution in [3.8, 4) is 0 Å². The second-order valence-electron chi connectivity index (χ2n) is 15.5. The first-order valence-corrected chi connectivity index (χ1v) is 17.8. The minimum atomic E-state index is -0.625. The van der Waals surface area contributed by atoms with E-state index in [9.17, 15) is 19.2 Å². The quantitative estimate of drug-likeness (QED) is 0.320. The summed E-state index contributed by atoms with van der Waals surface area (Å²) in [5, 5.41) is 5.97. The molecule has 0 aromatic heterocycles. The zero-order chi connectivity index (χ0) is 36.1. The van der Waals surface area contributed by atoms with Gasteiger partial charge in [0.1, 0.15) is 23.3 Å². The van der Waals surface area contributed by atoms with Crippen LogP contribution in [0.3, 0.4) is 0 Å². The van der Waals surface area contributed by atoms with Crippen LogP contribution in [-0.4, -0.2) is 94.3 Å². The van der Waals surface area contributed by atoms with Crippen LogP contribution in [0.15, 0.2) is 48.5 Å². The summed E-state index contributed by atoms with van der Waals surface area (Å²) in [7, 11) is 0. The third-order valence-corrected chi connectivity index (χ3v) is 9.00. The van der Waals surface area contributed by atoms with Gasteiger partial charge in [0.05, 0.1) is 6.61 Å². The molecule has 4 amide bonds. The lowest BCUT2D eigenvalue weighted by Gasteiger charge is -2.29. The lowest BCUT2D eigenvalue weighted by atomic mass is 10.1. The molecule has 12 nitrogen and oxygen atoms in total. The molecule has 5 rings (SSSR count). The Labute approximate surface area is 295 Å². The van der Waals surface area contributed by atoms with Gasteiger partial charge in [-0.25, -0.2) is 9.59 Å². The van der Waals surface area contributed by atoms with Crippen molar-refractivity contribution in [2.24, 2.45) is 0 Å². The van der Waals surface area contributed by atoms with Crippen molar-refractivity contribution in [1.82, 2.24) is 14.7 Å². The summed E-state index contributed by atoms with van der Waals surface area (Å²) >= 11 is 0. The Hall–Kier alpha value is -4.16. The SMILES string of the molecule is CC(C)(C)OC(=O)N1CCC[C@H]1C(=O)Nc1ccc(CN(Cc2ccc(NC(=O)[C@@H]3CCCN3C(=O)OC(C)(C)C)cc2)[C@@H]2CCOC2)cc1. The molecule has 3 atom stereocenters. The molecule has 3 fully saturated rings. The monoisotopic (exact) mass is 691 g/mol. The average molecular weight is 692 g/mol. The molecule has 2 aromatic carbocycles. The predicted octanol–water partition coefficient (Wildman–Crippen LogP) is 6.15. The fraction of sp³-hybridized carbons (Fsp3) is 0.579. The van der Waals surface area contributed by atoms with Gasteiger partial charge in [-0.3, -0.25) is 24.3 Å². The van der Waals surface area contributed by atoms with Crippen LogP contribution in [0.4, 0.5) is 21.0 Å². The van der Waals surface area contributed by atoms with Crippen LogP contribution in [0.2, 0.25) is 0 Å². The molecular weight excluding hydrogens is 638 g/mol. The zero-order valence-corrected chi connectivity index (χ0v) is 30.3. The Kier molecular flexibility index (Phi) is 11.7. The lowest BCUT2D eigenvalue weighted by Crippen LogP contribution is -2.45. The number of carbonyl (C=O) groups excluding carboxylic acids is 4. The van der Waals surface area contributed by atoms with Crippen LogP contribution < -0.4 is 10.6 Å². The Morgan fingerprint density at radius 1 is 0.700 bits per heavy atom. The topological polar surface area (TPSA) is 130 Å². The molecule has 3 heterocycles. The zero-order valence-electron chi connectivity index (χ0n) is 30.3. The number of nitrogens with one attached hydrogen (secondary N) is 2. The number of nitrogens with zero attached hydrogens (tertiary/aromatic N) is 3. The van der Waals surface area contributed by atoms with Crippen LogP contribution in [0.25, 0.3) is 0 Å². The molecule has 50 heavy (non-hydrogen) atoms. The maximum absolute atomic E-state index is 13.1. The maximum atomic E-state index is 13.1. The maximum Gasteiger partial charge on any atom is 0.410 e. The number of anilines is 2. The van der Waals surface area contributed by atoms with Crippen molar-refractivity contribution >= 4 is 35.4 Å². The molecule has 12 heteroatoms. The van der Waals surface area contributed by atoms with Gasteiger partial charge in [-0.2, -0.15) is 0 Å². The standard InChI is InChI=1S/C38H53N5O7/c1-37(2,3)49-35(46)42-20-7-9-31(42)33(44)39-28-15-11-26(12-16-28)23-41(30-19-22-48-25-30)24-27-13-17-29(18-14-27)40-34(45)32-10-8-21-43(32)36(47)50-38(4,5)6/h11-18,30-32H,7-10,19-25H2,1-6H3,(H,39,44)(H,40,45)/t30-,31+,32+/m1/s1. The number of hydrogen-bond acceptors (Lipinski definition) is 8. The fourth-order valence-corrected chi connectivity index (χ4v) is 6.59. The number of amides is 4. The van der Waals surface area contributed by atoms with Crippen molar-refractivity contribution in [3.05, 3.63) is 59.7 Å². The van der Waals surface area contributed by atoms with Crippen LogP contribution in [-0.2, 0) is 36.9 Å². The van der Waals surface area contributed by atoms with Gasteiger partial charge in [-0.15, -0.1) is 0 Å². The van der Waals surface area contributed by atoms with Gasteiger partial charge in [0.2, 0.25) is 11.8 Å². The van der Waals surface area contributed by atoms with Gasteiger partial charge in [0.25, 0.3) is 0 Å². The van der Waals surface area contributed by atoms with Crippen molar-refractivity contribution in [2.45, 2.75) is 116 Å². The Balaban J connectivity index is 1.16. The highest BCUT2D eigenvalue weighted by Gasteiger charge is 2.38. The van der Waals surface area contributed by atoms with E-state index in [1.165, 1.54) is 9.80 Å². The molecule has 272 valence electrons. The first-order valence-electron chi connectivity index (χ1n) is 17.8. The predicted molar refractivity (Wildman–Crippen MR) is 191 cm³/mol. The first kappa shape index (κ1) is 37.1. The number of rotatable bonds is 9. The van der Waals surface area contributed by atoms with Crippen molar-refractivity contribution in [2.75, 3.05) is 36.9 Å². The van der Waals surface area contributed by atoms with E-state index in [0.29, 0.717) is 57.0 Å². The summed E-state index contributed by atoms with van der Waals surface area (Å²) < 4.78 is 16.8. The van der Waals surface area contributed by atoms with E-state index >= 15 is 0 Å². The van der Waals surface area contributed by atoms with E-state index in [0.717, 1.165) is 37.0 Å². The Bertz CT molecular complexity index is 1390. The molecule has 0 radical (unpaired) electrons. The normalized spacial score (nSPS) is 21.0. The highest BCUT2D eigenvalue weighted by Crippen LogP contribution is 2.26. The second kappa shape index (κ2) is 15.8. The van der Waals surface area contributed by atoms with Crippen molar-refractivity contribution < 1.29 is 33.4 Å². The van der Waals surface area contributed by atoms with Gasteiger partial charge in [-0.05, 0) is 109 Å². The molecule has 2 aromatic rings. The molecule has 0 saturated carbocycles. The smallest absolute Gasteiger partial charge is 0.410 e. The number of ether oxygens (including phenoxy) is 3. The van der Waals surface area contributed by atoms with Gasteiger partial charge in [0.15, 0.2) is 0 Å². The van der Waals surface area contributed by atoms with Gasteiger partial charge in [0, 0.05) is 50.2 Å². The lowest BCUT2D eigenvalue weighted by molar-refractivity contribution is -0.121. The van der Waals surface area contributed by atoms with E-state index in [1.54, 1.807) is 0 Å². The molecule has 0 spiro atoms. The molecule has 0 bridgehead atoms. The highest BCUT2D eigenvalue weighted by molar-refractivity contribution is 5.97. The minimum Gasteiger partial charge on any atom is -0.444 e. The van der Waals surface area contributed by atoms with Crippen LogP contribution in [0.5, 0.6) is 0 Å². The van der Waals surface area contributed by atoms with Crippen LogP contribution in [0.1, 0.15) is 84.8 Å². The van der Waals surface area contributed by atoms with Crippen LogP contribution >= 0.6 is 0 Å². The van der Waals surface area contributed by atoms with Gasteiger partial charge in [-0.1, -0.05) is 24.3 Å². The molecule has 0 aliphatic carbocycles. The van der Waals surface area contributed by atoms with Crippen molar-refractivity contribution in [3.63, 3.8) is 0 Å². The molecule has 0 unspecified atom stereocenters. The third kappa shape index (κ3) is 10.2. The van der Waals surface area contributed by atoms with Crippen molar-refractivity contribution in [1.29, 1.82) is 0 Å². The fourth-order valence-electron chi connectivity index (χ4n) is 6.59. The average Bonchev–Trinajstić information content (AvgIpc) is 3.83. The number of benzene rings is 2. The van der Waals surface area contributed by atoms with E-state index in [1.807, 2.05) is 90.1 Å². The summed E-state index contributed by atoms with van der Waals surface area (Å²) in [4.78, 5) is 57.1. The highest BCUT2D eigenvalue weighted by atomic mass is 16.6.